The summed E-state index contributed by atoms with van der Waals surface area (Å²) in [6.45, 7) is 4.39. The SMILES string of the molecule is CCCc1cccc2c1OC(C(=O)O)C(OCCCOc1ccc(C(C)=O)c(OC)c1CC1CC1)C2. The van der Waals surface area contributed by atoms with Gasteiger partial charge in [-0.15, -0.1) is 0 Å². The van der Waals surface area contributed by atoms with Gasteiger partial charge >= 0.3 is 5.97 Å². The molecular weight excluding hydrogens is 460 g/mol. The van der Waals surface area contributed by atoms with Gasteiger partial charge in [0, 0.05) is 18.4 Å². The van der Waals surface area contributed by atoms with Gasteiger partial charge in [0.1, 0.15) is 23.4 Å². The average molecular weight is 497 g/mol. The Kier molecular flexibility index (Phi) is 8.52. The van der Waals surface area contributed by atoms with Gasteiger partial charge in [0.25, 0.3) is 0 Å². The van der Waals surface area contributed by atoms with Crippen LogP contribution in [-0.4, -0.2) is 49.4 Å². The van der Waals surface area contributed by atoms with Crippen LogP contribution in [0.4, 0.5) is 0 Å². The molecule has 1 aliphatic carbocycles. The highest BCUT2D eigenvalue weighted by Gasteiger charge is 2.37. The summed E-state index contributed by atoms with van der Waals surface area (Å²) in [5.41, 5.74) is 3.55. The molecule has 36 heavy (non-hydrogen) atoms. The van der Waals surface area contributed by atoms with Crippen molar-refractivity contribution < 1.29 is 33.6 Å². The molecule has 1 N–H and O–H groups in total. The Morgan fingerprint density at radius 2 is 1.94 bits per heavy atom. The van der Waals surface area contributed by atoms with Crippen molar-refractivity contribution in [2.45, 2.75) is 71.0 Å². The zero-order valence-electron chi connectivity index (χ0n) is 21.4. The summed E-state index contributed by atoms with van der Waals surface area (Å²) in [6, 6.07) is 9.56. The van der Waals surface area contributed by atoms with Gasteiger partial charge in [-0.1, -0.05) is 31.5 Å². The topological polar surface area (TPSA) is 91.3 Å². The van der Waals surface area contributed by atoms with Crippen LogP contribution in [0.5, 0.6) is 17.2 Å². The van der Waals surface area contributed by atoms with E-state index in [1.807, 2.05) is 24.3 Å². The Bertz CT molecular complexity index is 1090. The van der Waals surface area contributed by atoms with E-state index in [1.165, 1.54) is 12.8 Å². The van der Waals surface area contributed by atoms with E-state index in [1.54, 1.807) is 20.1 Å². The second-order valence-corrected chi connectivity index (χ2v) is 9.67. The van der Waals surface area contributed by atoms with E-state index in [9.17, 15) is 14.7 Å². The Balaban J connectivity index is 1.36. The minimum absolute atomic E-state index is 0.0325. The molecule has 1 fully saturated rings. The first-order valence-electron chi connectivity index (χ1n) is 12.9. The number of aliphatic carboxylic acids is 1. The summed E-state index contributed by atoms with van der Waals surface area (Å²) in [6.07, 6.45) is 4.48. The second-order valence-electron chi connectivity index (χ2n) is 9.67. The number of ketones is 1. The second kappa shape index (κ2) is 11.8. The molecule has 0 spiro atoms. The van der Waals surface area contributed by atoms with E-state index in [0.29, 0.717) is 49.0 Å². The van der Waals surface area contributed by atoms with E-state index in [4.69, 9.17) is 18.9 Å². The molecule has 1 aliphatic heterocycles. The Morgan fingerprint density at radius 3 is 2.61 bits per heavy atom. The van der Waals surface area contributed by atoms with Gasteiger partial charge in [0.15, 0.2) is 5.78 Å². The largest absolute Gasteiger partial charge is 0.496 e. The van der Waals surface area contributed by atoms with Gasteiger partial charge in [0.05, 0.1) is 25.9 Å². The molecule has 1 saturated carbocycles. The first-order chi connectivity index (χ1) is 17.4. The molecule has 194 valence electrons. The molecule has 2 unspecified atom stereocenters. The van der Waals surface area contributed by atoms with Crippen molar-refractivity contribution in [3.8, 4) is 17.2 Å². The van der Waals surface area contributed by atoms with E-state index in [-0.39, 0.29) is 5.78 Å². The number of carboxylic acid groups (broad SMARTS) is 1. The molecule has 4 rings (SSSR count). The first-order valence-corrected chi connectivity index (χ1v) is 12.9. The number of aryl methyl sites for hydroxylation is 1. The highest BCUT2D eigenvalue weighted by molar-refractivity contribution is 5.97. The molecule has 7 nitrogen and oxygen atoms in total. The molecule has 0 radical (unpaired) electrons. The van der Waals surface area contributed by atoms with Crippen molar-refractivity contribution in [1.82, 2.24) is 0 Å². The number of ether oxygens (including phenoxy) is 4. The quantitative estimate of drug-likeness (QED) is 0.307. The Hall–Kier alpha value is -3.06. The van der Waals surface area contributed by atoms with Crippen molar-refractivity contribution in [2.75, 3.05) is 20.3 Å². The van der Waals surface area contributed by atoms with Crippen LogP contribution in [0.1, 0.15) is 66.6 Å². The summed E-state index contributed by atoms with van der Waals surface area (Å²) in [7, 11) is 1.59. The van der Waals surface area contributed by atoms with Gasteiger partial charge < -0.3 is 24.1 Å². The third-order valence-electron chi connectivity index (χ3n) is 6.81. The molecule has 2 aromatic rings. The zero-order valence-corrected chi connectivity index (χ0v) is 21.4. The number of carboxylic acids is 1. The fourth-order valence-electron chi connectivity index (χ4n) is 4.83. The van der Waals surface area contributed by atoms with Crippen LogP contribution >= 0.6 is 0 Å². The van der Waals surface area contributed by atoms with Crippen molar-refractivity contribution in [3.63, 3.8) is 0 Å². The minimum atomic E-state index is -1.04. The lowest BCUT2D eigenvalue weighted by atomic mass is 9.95. The molecule has 1 heterocycles. The summed E-state index contributed by atoms with van der Waals surface area (Å²) >= 11 is 0. The summed E-state index contributed by atoms with van der Waals surface area (Å²) in [4.78, 5) is 24.0. The Labute approximate surface area is 212 Å². The van der Waals surface area contributed by atoms with Gasteiger partial charge in [-0.25, -0.2) is 4.79 Å². The molecule has 2 atom stereocenters. The van der Waals surface area contributed by atoms with Gasteiger partial charge in [-0.3, -0.25) is 4.79 Å². The third kappa shape index (κ3) is 6.01. The van der Waals surface area contributed by atoms with Gasteiger partial charge in [-0.05, 0) is 61.8 Å². The lowest BCUT2D eigenvalue weighted by molar-refractivity contribution is -0.154. The maximum absolute atomic E-state index is 12.1. The van der Waals surface area contributed by atoms with Crippen LogP contribution in [0.2, 0.25) is 0 Å². The maximum Gasteiger partial charge on any atom is 0.347 e. The molecule has 0 saturated heterocycles. The molecule has 7 heteroatoms. The fourth-order valence-corrected chi connectivity index (χ4v) is 4.83. The summed E-state index contributed by atoms with van der Waals surface area (Å²) in [5, 5.41) is 9.76. The van der Waals surface area contributed by atoms with E-state index < -0.39 is 18.2 Å². The standard InChI is InChI=1S/C29H36O7/c1-4-7-20-8-5-9-21-17-25(28(29(31)32)36-26(20)21)35-15-6-14-34-24-13-12-22(18(2)30)27(33-3)23(24)16-19-10-11-19/h5,8-9,12-13,19,25,28H,4,6-7,10-11,14-17H2,1-3H3,(H,31,32). The first kappa shape index (κ1) is 26.0. The third-order valence-corrected chi connectivity index (χ3v) is 6.81. The summed E-state index contributed by atoms with van der Waals surface area (Å²) < 4.78 is 23.6. The number of Topliss-reactive ketones (excluding diaryl/α,β-unsaturated/α-hetero) is 1. The van der Waals surface area contributed by atoms with E-state index >= 15 is 0 Å². The van der Waals surface area contributed by atoms with E-state index in [0.717, 1.165) is 41.7 Å². The molecule has 2 aliphatic rings. The number of carbonyl (C=O) groups is 2. The van der Waals surface area contributed by atoms with Crippen LogP contribution in [0.15, 0.2) is 30.3 Å². The predicted molar refractivity (Wildman–Crippen MR) is 135 cm³/mol. The molecular formula is C29H36O7. The van der Waals surface area contributed by atoms with Crippen molar-refractivity contribution in [1.29, 1.82) is 0 Å². The monoisotopic (exact) mass is 496 g/mol. The average Bonchev–Trinajstić information content (AvgIpc) is 3.68. The normalized spacial score (nSPS) is 18.8. The number of fused-ring (bicyclic) bond motifs is 1. The van der Waals surface area contributed by atoms with E-state index in [2.05, 4.69) is 6.92 Å². The van der Waals surface area contributed by atoms with Gasteiger partial charge in [-0.2, -0.15) is 0 Å². The molecule has 2 aromatic carbocycles. The van der Waals surface area contributed by atoms with Crippen LogP contribution < -0.4 is 14.2 Å². The Morgan fingerprint density at radius 1 is 1.14 bits per heavy atom. The zero-order chi connectivity index (χ0) is 25.7. The van der Waals surface area contributed by atoms with Crippen molar-refractivity contribution >= 4 is 11.8 Å². The number of hydrogen-bond donors (Lipinski definition) is 1. The van der Waals surface area contributed by atoms with Crippen molar-refractivity contribution in [2.24, 2.45) is 5.92 Å². The maximum atomic E-state index is 12.1. The molecule has 0 amide bonds. The van der Waals surface area contributed by atoms with Gasteiger partial charge in [0.2, 0.25) is 6.10 Å². The lowest BCUT2D eigenvalue weighted by Gasteiger charge is -2.32. The van der Waals surface area contributed by atoms with Crippen molar-refractivity contribution in [3.05, 3.63) is 52.6 Å². The lowest BCUT2D eigenvalue weighted by Crippen LogP contribution is -2.45. The summed E-state index contributed by atoms with van der Waals surface area (Å²) in [5.74, 6) is 1.58. The fraction of sp³-hybridized carbons (Fsp3) is 0.517. The number of para-hydroxylation sites is 1. The number of hydrogen-bond acceptors (Lipinski definition) is 6. The number of methoxy groups -OCH3 is 1. The highest BCUT2D eigenvalue weighted by Crippen LogP contribution is 2.41. The predicted octanol–water partition coefficient (Wildman–Crippen LogP) is 5.05. The van der Waals surface area contributed by atoms with Crippen LogP contribution in [0.3, 0.4) is 0 Å². The smallest absolute Gasteiger partial charge is 0.347 e. The van der Waals surface area contributed by atoms with Crippen LogP contribution in [0, 0.1) is 5.92 Å². The number of rotatable bonds is 13. The highest BCUT2D eigenvalue weighted by atomic mass is 16.6. The minimum Gasteiger partial charge on any atom is -0.496 e. The van der Waals surface area contributed by atoms with Crippen LogP contribution in [0.25, 0.3) is 0 Å². The number of carbonyl (C=O) groups excluding carboxylic acids is 1. The number of benzene rings is 2. The molecule has 0 aromatic heterocycles. The van der Waals surface area contributed by atoms with Crippen LogP contribution in [-0.2, 0) is 28.8 Å². The molecule has 0 bridgehead atoms.